The summed E-state index contributed by atoms with van der Waals surface area (Å²) in [6, 6.07) is 4.44. The van der Waals surface area contributed by atoms with E-state index in [4.69, 9.17) is 37.4 Å². The molecular weight excluding hydrogens is 335 g/mol. The van der Waals surface area contributed by atoms with Crippen LogP contribution in [0.25, 0.3) is 0 Å². The molecule has 0 atom stereocenters. The molecule has 6 nitrogen and oxygen atoms in total. The summed E-state index contributed by atoms with van der Waals surface area (Å²) >= 11 is 11.6. The molecule has 0 aliphatic carbocycles. The van der Waals surface area contributed by atoms with Crippen LogP contribution < -0.4 is 4.74 Å². The highest BCUT2D eigenvalue weighted by atomic mass is 35.5. The molecule has 0 aromatic heterocycles. The highest BCUT2D eigenvalue weighted by molar-refractivity contribution is 6.35. The lowest BCUT2D eigenvalue weighted by molar-refractivity contribution is -0.238. The molecule has 1 aliphatic heterocycles. The lowest BCUT2D eigenvalue weighted by Gasteiger charge is -2.32. The lowest BCUT2D eigenvalue weighted by atomic mass is 10.0. The standard InChI is InChI=1S/C14H12Cl2O6/c1-14(2)21-12(18)11(13(19)22-14)9(17)6-20-10-4-3-7(15)5-8(10)16/h3-5,11H,6H2,1-2H3. The van der Waals surface area contributed by atoms with E-state index < -0.39 is 36.0 Å². The van der Waals surface area contributed by atoms with Crippen molar-refractivity contribution in [1.29, 1.82) is 0 Å². The molecule has 1 fully saturated rings. The maximum absolute atomic E-state index is 12.0. The van der Waals surface area contributed by atoms with Crippen LogP contribution in [0.1, 0.15) is 13.8 Å². The summed E-state index contributed by atoms with van der Waals surface area (Å²) in [4.78, 5) is 35.5. The van der Waals surface area contributed by atoms with E-state index in [0.29, 0.717) is 5.02 Å². The number of carbonyl (C=O) groups excluding carboxylic acids is 3. The molecule has 1 aromatic carbocycles. The first-order chi connectivity index (χ1) is 10.2. The van der Waals surface area contributed by atoms with Crippen LogP contribution in [0.5, 0.6) is 5.75 Å². The molecule has 1 aromatic rings. The number of Topliss-reactive ketones (excluding diaryl/α,β-unsaturated/α-hetero) is 1. The van der Waals surface area contributed by atoms with Gasteiger partial charge in [0.05, 0.1) is 5.02 Å². The highest BCUT2D eigenvalue weighted by Crippen LogP contribution is 2.28. The Morgan fingerprint density at radius 2 is 1.82 bits per heavy atom. The molecule has 118 valence electrons. The number of hydrogen-bond donors (Lipinski definition) is 0. The van der Waals surface area contributed by atoms with Crippen LogP contribution in [0.15, 0.2) is 18.2 Å². The molecule has 0 amide bonds. The zero-order valence-corrected chi connectivity index (χ0v) is 13.2. The van der Waals surface area contributed by atoms with Crippen LogP contribution >= 0.6 is 23.2 Å². The smallest absolute Gasteiger partial charge is 0.331 e. The van der Waals surface area contributed by atoms with Crippen LogP contribution in [0.2, 0.25) is 10.0 Å². The van der Waals surface area contributed by atoms with Gasteiger partial charge in [0, 0.05) is 18.9 Å². The van der Waals surface area contributed by atoms with Gasteiger partial charge in [-0.05, 0) is 18.2 Å². The molecule has 2 rings (SSSR count). The van der Waals surface area contributed by atoms with Gasteiger partial charge >= 0.3 is 11.9 Å². The van der Waals surface area contributed by atoms with Gasteiger partial charge in [-0.2, -0.15) is 0 Å². The Morgan fingerprint density at radius 1 is 1.23 bits per heavy atom. The first-order valence-electron chi connectivity index (χ1n) is 6.26. The number of hydrogen-bond acceptors (Lipinski definition) is 6. The molecular formula is C14H12Cl2O6. The minimum absolute atomic E-state index is 0.204. The van der Waals surface area contributed by atoms with Crippen LogP contribution in [0.4, 0.5) is 0 Å². The highest BCUT2D eigenvalue weighted by Gasteiger charge is 2.47. The fourth-order valence-corrected chi connectivity index (χ4v) is 2.27. The van der Waals surface area contributed by atoms with Gasteiger partial charge < -0.3 is 14.2 Å². The Morgan fingerprint density at radius 3 is 2.36 bits per heavy atom. The third-order valence-corrected chi connectivity index (χ3v) is 3.28. The summed E-state index contributed by atoms with van der Waals surface area (Å²) in [5.41, 5.74) is 0. The number of ketones is 1. The third kappa shape index (κ3) is 3.69. The van der Waals surface area contributed by atoms with Crippen molar-refractivity contribution in [3.05, 3.63) is 28.2 Å². The van der Waals surface area contributed by atoms with E-state index in [-0.39, 0.29) is 10.8 Å². The van der Waals surface area contributed by atoms with Gasteiger partial charge in [-0.3, -0.25) is 14.4 Å². The lowest BCUT2D eigenvalue weighted by Crippen LogP contribution is -2.50. The monoisotopic (exact) mass is 346 g/mol. The van der Waals surface area contributed by atoms with Crippen LogP contribution in [0.3, 0.4) is 0 Å². The van der Waals surface area contributed by atoms with Gasteiger partial charge in [0.15, 0.2) is 5.78 Å². The Labute approximate surface area is 136 Å². The quantitative estimate of drug-likeness (QED) is 0.615. The largest absolute Gasteiger partial charge is 0.484 e. The van der Waals surface area contributed by atoms with E-state index in [2.05, 4.69) is 0 Å². The van der Waals surface area contributed by atoms with Gasteiger partial charge in [0.2, 0.25) is 5.92 Å². The molecule has 22 heavy (non-hydrogen) atoms. The molecule has 0 radical (unpaired) electrons. The van der Waals surface area contributed by atoms with E-state index in [1.807, 2.05) is 0 Å². The number of ether oxygens (including phenoxy) is 3. The van der Waals surface area contributed by atoms with Crippen molar-refractivity contribution in [3.63, 3.8) is 0 Å². The minimum atomic E-state index is -1.65. The number of esters is 2. The van der Waals surface area contributed by atoms with Gasteiger partial charge in [0.1, 0.15) is 12.4 Å². The average Bonchev–Trinajstić information content (AvgIpc) is 2.35. The van der Waals surface area contributed by atoms with Crippen molar-refractivity contribution in [2.75, 3.05) is 6.61 Å². The van der Waals surface area contributed by atoms with E-state index in [9.17, 15) is 14.4 Å². The summed E-state index contributed by atoms with van der Waals surface area (Å²) in [6.07, 6.45) is 0. The van der Waals surface area contributed by atoms with Gasteiger partial charge in [-0.15, -0.1) is 0 Å². The second kappa shape index (κ2) is 6.14. The number of cyclic esters (lactones) is 2. The molecule has 8 heteroatoms. The zero-order chi connectivity index (χ0) is 16.5. The van der Waals surface area contributed by atoms with E-state index in [0.717, 1.165) is 0 Å². The fraction of sp³-hybridized carbons (Fsp3) is 0.357. The molecule has 1 heterocycles. The minimum Gasteiger partial charge on any atom is -0.484 e. The van der Waals surface area contributed by atoms with Crippen molar-refractivity contribution in [2.24, 2.45) is 5.92 Å². The maximum atomic E-state index is 12.0. The van der Waals surface area contributed by atoms with Gasteiger partial charge in [-0.1, -0.05) is 23.2 Å². The third-order valence-electron chi connectivity index (χ3n) is 2.75. The normalized spacial score (nSPS) is 17.6. The summed E-state index contributed by atoms with van der Waals surface area (Å²) in [5.74, 6) is -5.53. The van der Waals surface area contributed by atoms with Crippen molar-refractivity contribution in [1.82, 2.24) is 0 Å². The van der Waals surface area contributed by atoms with Crippen LogP contribution in [-0.2, 0) is 23.9 Å². The first-order valence-corrected chi connectivity index (χ1v) is 7.01. The predicted octanol–water partition coefficient (Wildman–Crippen LogP) is 2.39. The van der Waals surface area contributed by atoms with Crippen LogP contribution in [-0.4, -0.2) is 30.1 Å². The SMILES string of the molecule is CC1(C)OC(=O)C(C(=O)COc2ccc(Cl)cc2Cl)C(=O)O1. The summed E-state index contributed by atoms with van der Waals surface area (Å²) < 4.78 is 14.9. The number of benzene rings is 1. The second-order valence-electron chi connectivity index (χ2n) is 5.00. The van der Waals surface area contributed by atoms with E-state index in [1.54, 1.807) is 0 Å². The first kappa shape index (κ1) is 16.6. The average molecular weight is 347 g/mol. The van der Waals surface area contributed by atoms with Crippen molar-refractivity contribution in [3.8, 4) is 5.75 Å². The fourth-order valence-electron chi connectivity index (χ4n) is 1.81. The molecule has 0 spiro atoms. The second-order valence-corrected chi connectivity index (χ2v) is 5.85. The summed E-state index contributed by atoms with van der Waals surface area (Å²) in [5, 5.41) is 0.612. The summed E-state index contributed by atoms with van der Waals surface area (Å²) in [6.45, 7) is 2.26. The van der Waals surface area contributed by atoms with Gasteiger partial charge in [-0.25, -0.2) is 0 Å². The molecule has 1 aliphatic rings. The number of carbonyl (C=O) groups is 3. The van der Waals surface area contributed by atoms with Crippen molar-refractivity contribution >= 4 is 40.9 Å². The number of rotatable bonds is 4. The van der Waals surface area contributed by atoms with E-state index in [1.165, 1.54) is 32.0 Å². The molecule has 0 unspecified atom stereocenters. The molecule has 1 saturated heterocycles. The zero-order valence-electron chi connectivity index (χ0n) is 11.7. The molecule has 0 bridgehead atoms. The Kier molecular flexibility index (Phi) is 4.63. The predicted molar refractivity (Wildman–Crippen MR) is 76.7 cm³/mol. The van der Waals surface area contributed by atoms with Crippen LogP contribution in [0, 0.1) is 5.92 Å². The molecule has 0 saturated carbocycles. The van der Waals surface area contributed by atoms with Crippen molar-refractivity contribution < 1.29 is 28.6 Å². The van der Waals surface area contributed by atoms with E-state index >= 15 is 0 Å². The summed E-state index contributed by atoms with van der Waals surface area (Å²) in [7, 11) is 0. The van der Waals surface area contributed by atoms with Crippen molar-refractivity contribution in [2.45, 2.75) is 19.6 Å². The maximum Gasteiger partial charge on any atom is 0.331 e. The Hall–Kier alpha value is -1.79. The molecule has 0 N–H and O–H groups in total. The Balaban J connectivity index is 2.03. The Bertz CT molecular complexity index is 620. The number of halogens is 2. The topological polar surface area (TPSA) is 78.9 Å². The van der Waals surface area contributed by atoms with Gasteiger partial charge in [0.25, 0.3) is 5.79 Å².